The number of hydrogen-bond acceptors (Lipinski definition) is 7. The van der Waals surface area contributed by atoms with Crippen LogP contribution in [0.2, 0.25) is 0 Å². The molecule has 0 spiro atoms. The van der Waals surface area contributed by atoms with Gasteiger partial charge in [-0.1, -0.05) is 23.9 Å². The number of benzene rings is 2. The molecular weight excluding hydrogens is 470 g/mol. The molecule has 2 aromatic carbocycles. The molecule has 0 atom stereocenters. The first-order valence-electron chi connectivity index (χ1n) is 9.56. The quantitative estimate of drug-likeness (QED) is 0.369. The summed E-state index contributed by atoms with van der Waals surface area (Å²) in [6, 6.07) is 11.2. The van der Waals surface area contributed by atoms with E-state index >= 15 is 0 Å². The predicted molar refractivity (Wildman–Crippen MR) is 120 cm³/mol. The lowest BCUT2D eigenvalue weighted by Gasteiger charge is -2.11. The number of thiazole rings is 1. The zero-order valence-corrected chi connectivity index (χ0v) is 18.5. The molecular formula is C21H16F2N6O2S2. The van der Waals surface area contributed by atoms with Crippen LogP contribution in [0.15, 0.2) is 65.3 Å². The molecule has 0 fully saturated rings. The van der Waals surface area contributed by atoms with Crippen LogP contribution in [0.4, 0.5) is 13.9 Å². The fourth-order valence-electron chi connectivity index (χ4n) is 2.83. The van der Waals surface area contributed by atoms with E-state index in [1.807, 2.05) is 0 Å². The number of thioether (sulfide) groups is 1. The van der Waals surface area contributed by atoms with E-state index < -0.39 is 17.5 Å². The van der Waals surface area contributed by atoms with Crippen LogP contribution < -0.4 is 10.6 Å². The summed E-state index contributed by atoms with van der Waals surface area (Å²) in [6.45, 7) is -0.0661. The minimum absolute atomic E-state index is 0.0283. The smallest absolute Gasteiger partial charge is 0.254 e. The molecule has 2 heterocycles. The summed E-state index contributed by atoms with van der Waals surface area (Å²) in [5, 5.41) is 16.1. The van der Waals surface area contributed by atoms with Gasteiger partial charge in [0.1, 0.15) is 11.6 Å². The van der Waals surface area contributed by atoms with Gasteiger partial charge in [-0.05, 0) is 36.4 Å². The van der Waals surface area contributed by atoms with Gasteiger partial charge in [0.25, 0.3) is 5.91 Å². The fraction of sp³-hybridized carbons (Fsp3) is 0.0952. The molecule has 2 aromatic heterocycles. The number of carbonyl (C=O) groups excluding carboxylic acids is 2. The van der Waals surface area contributed by atoms with E-state index in [0.29, 0.717) is 21.8 Å². The number of hydrogen-bond donors (Lipinski definition) is 2. The van der Waals surface area contributed by atoms with Gasteiger partial charge in [-0.15, -0.1) is 21.5 Å². The Hall–Kier alpha value is -3.64. The molecule has 0 aliphatic heterocycles. The number of anilines is 1. The van der Waals surface area contributed by atoms with Crippen molar-refractivity contribution in [1.82, 2.24) is 25.1 Å². The number of rotatable bonds is 8. The Kier molecular flexibility index (Phi) is 7.05. The van der Waals surface area contributed by atoms with Crippen molar-refractivity contribution in [1.29, 1.82) is 0 Å². The van der Waals surface area contributed by atoms with Crippen molar-refractivity contribution < 1.29 is 18.4 Å². The number of halogens is 2. The molecule has 0 saturated heterocycles. The summed E-state index contributed by atoms with van der Waals surface area (Å²) in [7, 11) is 0. The maximum Gasteiger partial charge on any atom is 0.254 e. The second kappa shape index (κ2) is 10.3. The van der Waals surface area contributed by atoms with Crippen molar-refractivity contribution in [3.05, 3.63) is 83.1 Å². The van der Waals surface area contributed by atoms with Gasteiger partial charge in [-0.25, -0.2) is 13.8 Å². The highest BCUT2D eigenvalue weighted by Gasteiger charge is 2.18. The van der Waals surface area contributed by atoms with Gasteiger partial charge in [0.15, 0.2) is 16.1 Å². The van der Waals surface area contributed by atoms with Gasteiger partial charge in [0.2, 0.25) is 5.91 Å². The minimum atomic E-state index is -0.641. The van der Waals surface area contributed by atoms with Crippen molar-refractivity contribution in [3.63, 3.8) is 0 Å². The second-order valence-electron chi connectivity index (χ2n) is 6.55. The molecule has 0 unspecified atom stereocenters. The van der Waals surface area contributed by atoms with Crippen LogP contribution in [0.1, 0.15) is 16.2 Å². The summed E-state index contributed by atoms with van der Waals surface area (Å²) < 4.78 is 28.9. The molecule has 33 heavy (non-hydrogen) atoms. The normalized spacial score (nSPS) is 10.7. The lowest BCUT2D eigenvalue weighted by molar-refractivity contribution is -0.113. The number of amides is 2. The molecule has 4 aromatic rings. The van der Waals surface area contributed by atoms with Crippen LogP contribution in [0, 0.1) is 11.6 Å². The maximum absolute atomic E-state index is 13.9. The summed E-state index contributed by atoms with van der Waals surface area (Å²) in [4.78, 5) is 28.6. The Labute approximate surface area is 195 Å². The molecule has 168 valence electrons. The highest BCUT2D eigenvalue weighted by molar-refractivity contribution is 7.99. The van der Waals surface area contributed by atoms with Crippen molar-refractivity contribution in [3.8, 4) is 5.69 Å². The van der Waals surface area contributed by atoms with Crippen molar-refractivity contribution in [2.45, 2.75) is 11.7 Å². The Morgan fingerprint density at radius 3 is 2.58 bits per heavy atom. The molecule has 0 aliphatic rings. The van der Waals surface area contributed by atoms with Gasteiger partial charge < -0.3 is 10.6 Å². The van der Waals surface area contributed by atoms with Gasteiger partial charge in [0, 0.05) is 17.3 Å². The lowest BCUT2D eigenvalue weighted by atomic mass is 10.2. The van der Waals surface area contributed by atoms with Crippen molar-refractivity contribution >= 4 is 40.0 Å². The summed E-state index contributed by atoms with van der Waals surface area (Å²) >= 11 is 2.42. The maximum atomic E-state index is 13.9. The Morgan fingerprint density at radius 2 is 1.85 bits per heavy atom. The third kappa shape index (κ3) is 5.59. The molecule has 8 nitrogen and oxygen atoms in total. The fourth-order valence-corrected chi connectivity index (χ4v) is 4.14. The summed E-state index contributed by atoms with van der Waals surface area (Å²) in [5.41, 5.74) is 0.443. The van der Waals surface area contributed by atoms with E-state index in [0.717, 1.165) is 11.8 Å². The molecule has 4 rings (SSSR count). The monoisotopic (exact) mass is 486 g/mol. The van der Waals surface area contributed by atoms with Crippen molar-refractivity contribution in [2.24, 2.45) is 0 Å². The largest absolute Gasteiger partial charge is 0.345 e. The standard InChI is InChI=1S/C21H16F2N6O2S2/c22-13-5-7-14(8-6-13)29-17(11-25-19(31)15-3-1-2-4-16(15)23)27-28-21(29)33-12-18(30)26-20-24-9-10-32-20/h1-10H,11-12H2,(H,25,31)(H,24,26,30). The van der Waals surface area contributed by atoms with E-state index in [4.69, 9.17) is 0 Å². The molecule has 2 N–H and O–H groups in total. The van der Waals surface area contributed by atoms with Crippen LogP contribution in [-0.4, -0.2) is 37.3 Å². The van der Waals surface area contributed by atoms with Crippen LogP contribution in [0.3, 0.4) is 0 Å². The first kappa shape index (κ1) is 22.6. The van der Waals surface area contributed by atoms with E-state index in [1.165, 1.54) is 53.8 Å². The number of carbonyl (C=O) groups is 2. The van der Waals surface area contributed by atoms with Gasteiger partial charge in [-0.3, -0.25) is 14.2 Å². The number of nitrogens with one attached hydrogen (secondary N) is 2. The first-order valence-corrected chi connectivity index (χ1v) is 11.4. The van der Waals surface area contributed by atoms with E-state index in [2.05, 4.69) is 25.8 Å². The number of nitrogens with zero attached hydrogens (tertiary/aromatic N) is 4. The Morgan fingerprint density at radius 1 is 1.06 bits per heavy atom. The Bertz CT molecular complexity index is 1260. The van der Waals surface area contributed by atoms with Gasteiger partial charge >= 0.3 is 0 Å². The second-order valence-corrected chi connectivity index (χ2v) is 8.38. The van der Waals surface area contributed by atoms with Crippen LogP contribution in [-0.2, 0) is 11.3 Å². The molecule has 2 amide bonds. The molecule has 0 bridgehead atoms. The van der Waals surface area contributed by atoms with Crippen LogP contribution >= 0.6 is 23.1 Å². The van der Waals surface area contributed by atoms with Crippen LogP contribution in [0.25, 0.3) is 5.69 Å². The van der Waals surface area contributed by atoms with E-state index in [1.54, 1.807) is 22.2 Å². The molecule has 0 aliphatic carbocycles. The summed E-state index contributed by atoms with van der Waals surface area (Å²) in [5.74, 6) is -1.60. The average Bonchev–Trinajstić information content (AvgIpc) is 3.47. The van der Waals surface area contributed by atoms with Crippen LogP contribution in [0.5, 0.6) is 0 Å². The number of aromatic nitrogens is 4. The zero-order chi connectivity index (χ0) is 23.2. The topological polar surface area (TPSA) is 102 Å². The van der Waals surface area contributed by atoms with Gasteiger partial charge in [0.05, 0.1) is 17.9 Å². The highest BCUT2D eigenvalue weighted by Crippen LogP contribution is 2.23. The summed E-state index contributed by atoms with van der Waals surface area (Å²) in [6.07, 6.45) is 1.58. The lowest BCUT2D eigenvalue weighted by Crippen LogP contribution is -2.25. The van der Waals surface area contributed by atoms with Gasteiger partial charge in [-0.2, -0.15) is 0 Å². The van der Waals surface area contributed by atoms with Crippen molar-refractivity contribution in [2.75, 3.05) is 11.1 Å². The van der Waals surface area contributed by atoms with E-state index in [-0.39, 0.29) is 23.8 Å². The predicted octanol–water partition coefficient (Wildman–Crippen LogP) is 3.66. The minimum Gasteiger partial charge on any atom is -0.345 e. The zero-order valence-electron chi connectivity index (χ0n) is 16.9. The SMILES string of the molecule is O=C(CSc1nnc(CNC(=O)c2ccccc2F)n1-c1ccc(F)cc1)Nc1nccs1. The third-order valence-electron chi connectivity index (χ3n) is 4.32. The molecule has 0 radical (unpaired) electrons. The first-order chi connectivity index (χ1) is 16.0. The molecule has 12 heteroatoms. The average molecular weight is 487 g/mol. The molecule has 0 saturated carbocycles. The highest BCUT2D eigenvalue weighted by atomic mass is 32.2. The third-order valence-corrected chi connectivity index (χ3v) is 5.94. The van der Waals surface area contributed by atoms with E-state index in [9.17, 15) is 18.4 Å². The Balaban J connectivity index is 1.52.